The molecule has 2 heterocycles. The van der Waals surface area contributed by atoms with Crippen molar-refractivity contribution < 1.29 is 23.7 Å². The largest absolute Gasteiger partial charge is 0.493 e. The highest BCUT2D eigenvalue weighted by Crippen LogP contribution is 2.47. The van der Waals surface area contributed by atoms with Crippen molar-refractivity contribution in [2.45, 2.75) is 45.9 Å². The van der Waals surface area contributed by atoms with Gasteiger partial charge in [-0.2, -0.15) is 0 Å². The molecule has 1 fully saturated rings. The van der Waals surface area contributed by atoms with E-state index in [0.717, 1.165) is 35.2 Å². The van der Waals surface area contributed by atoms with Gasteiger partial charge in [-0.3, -0.25) is 4.79 Å². The Morgan fingerprint density at radius 3 is 2.61 bits per heavy atom. The van der Waals surface area contributed by atoms with E-state index in [-0.39, 0.29) is 5.91 Å². The third-order valence-electron chi connectivity index (χ3n) is 5.81. The Morgan fingerprint density at radius 2 is 1.90 bits per heavy atom. The van der Waals surface area contributed by atoms with Crippen LogP contribution in [0.2, 0.25) is 0 Å². The van der Waals surface area contributed by atoms with Crippen LogP contribution in [0.5, 0.6) is 11.5 Å². The Morgan fingerprint density at radius 1 is 1.13 bits per heavy atom. The van der Waals surface area contributed by atoms with Gasteiger partial charge in [0.1, 0.15) is 0 Å². The minimum Gasteiger partial charge on any atom is -0.493 e. The molecule has 0 atom stereocenters. The second-order valence-electron chi connectivity index (χ2n) is 8.55. The molecule has 0 saturated carbocycles. The number of amides is 1. The molecule has 2 aromatic rings. The number of carbonyl (C=O) groups is 1. The molecule has 166 valence electrons. The summed E-state index contributed by atoms with van der Waals surface area (Å²) in [5.74, 6) is 0.451. The molecule has 0 N–H and O–H groups in total. The van der Waals surface area contributed by atoms with Gasteiger partial charge in [-0.1, -0.05) is 38.1 Å². The maximum Gasteiger partial charge on any atom is 0.292 e. The zero-order valence-corrected chi connectivity index (χ0v) is 18.8. The van der Waals surface area contributed by atoms with Crippen molar-refractivity contribution in [3.8, 4) is 11.5 Å². The molecule has 2 aromatic carbocycles. The maximum atomic E-state index is 13.5. The summed E-state index contributed by atoms with van der Waals surface area (Å²) in [6.07, 6.45) is 1.76. The molecular weight excluding hydrogens is 394 g/mol. The fourth-order valence-electron chi connectivity index (χ4n) is 4.16. The Hall–Kier alpha value is -2.57. The van der Waals surface area contributed by atoms with Gasteiger partial charge in [-0.25, -0.2) is 0 Å². The average Bonchev–Trinajstić information content (AvgIpc) is 2.98. The second kappa shape index (κ2) is 8.89. The second-order valence-corrected chi connectivity index (χ2v) is 8.55. The number of aryl methyl sites for hydroxylation is 1. The van der Waals surface area contributed by atoms with Gasteiger partial charge in [0.15, 0.2) is 11.5 Å². The average molecular weight is 426 g/mol. The Kier molecular flexibility index (Phi) is 6.21. The van der Waals surface area contributed by atoms with Crippen LogP contribution in [0.15, 0.2) is 36.4 Å². The topological polar surface area (TPSA) is 57.2 Å². The van der Waals surface area contributed by atoms with Gasteiger partial charge in [0.2, 0.25) is 0 Å². The molecule has 1 saturated heterocycles. The first-order valence-corrected chi connectivity index (χ1v) is 11.0. The predicted octanol–water partition coefficient (Wildman–Crippen LogP) is 4.57. The highest BCUT2D eigenvalue weighted by Gasteiger charge is 2.55. The van der Waals surface area contributed by atoms with Crippen molar-refractivity contribution >= 4 is 11.6 Å². The number of para-hydroxylation sites is 1. The zero-order chi connectivity index (χ0) is 22.0. The van der Waals surface area contributed by atoms with E-state index < -0.39 is 5.79 Å². The Balaban J connectivity index is 1.61. The number of carbonyl (C=O) groups excluding carboxylic acids is 1. The minimum absolute atomic E-state index is 0.173. The fourth-order valence-corrected chi connectivity index (χ4v) is 4.16. The summed E-state index contributed by atoms with van der Waals surface area (Å²) < 4.78 is 23.4. The molecule has 2 aliphatic heterocycles. The van der Waals surface area contributed by atoms with Crippen molar-refractivity contribution in [1.82, 2.24) is 0 Å². The first kappa shape index (κ1) is 21.7. The molecule has 4 rings (SSSR count). The van der Waals surface area contributed by atoms with E-state index in [0.29, 0.717) is 43.8 Å². The number of nitrogens with zero attached hydrogens (tertiary/aromatic N) is 1. The summed E-state index contributed by atoms with van der Waals surface area (Å²) >= 11 is 0. The van der Waals surface area contributed by atoms with Crippen LogP contribution in [-0.2, 0) is 26.6 Å². The van der Waals surface area contributed by atoms with Gasteiger partial charge >= 0.3 is 0 Å². The van der Waals surface area contributed by atoms with Crippen LogP contribution in [0.4, 0.5) is 5.69 Å². The number of ether oxygens (including phenoxy) is 4. The number of hydrogen-bond donors (Lipinski definition) is 0. The third-order valence-corrected chi connectivity index (χ3v) is 5.81. The first-order chi connectivity index (χ1) is 15.0. The van der Waals surface area contributed by atoms with Crippen molar-refractivity contribution in [3.63, 3.8) is 0 Å². The Bertz CT molecular complexity index is 949. The molecule has 2 aliphatic rings. The summed E-state index contributed by atoms with van der Waals surface area (Å²) in [6, 6.07) is 11.7. The summed E-state index contributed by atoms with van der Waals surface area (Å²) in [5, 5.41) is 0. The smallest absolute Gasteiger partial charge is 0.292 e. The molecule has 0 aromatic heterocycles. The van der Waals surface area contributed by atoms with Crippen LogP contribution in [0.1, 0.15) is 43.4 Å². The van der Waals surface area contributed by atoms with Crippen molar-refractivity contribution in [1.29, 1.82) is 0 Å². The SMILES string of the molecule is COc1cc(CN2C(=O)C3(OCCCO3)c3cccc(C)c32)ccc1OCCC(C)C. The molecule has 0 aliphatic carbocycles. The van der Waals surface area contributed by atoms with Gasteiger partial charge < -0.3 is 23.8 Å². The monoisotopic (exact) mass is 425 g/mol. The number of rotatable bonds is 7. The van der Waals surface area contributed by atoms with Gasteiger partial charge in [0.25, 0.3) is 11.7 Å². The standard InChI is InChI=1S/C25H31NO5/c1-17(2)11-14-29-21-10-9-19(15-22(21)28-4)16-26-23-18(3)7-5-8-20(23)25(24(26)27)30-12-6-13-31-25/h5,7-10,15,17H,6,11-14,16H2,1-4H3. The number of benzene rings is 2. The summed E-state index contributed by atoms with van der Waals surface area (Å²) in [5.41, 5.74) is 3.62. The fraction of sp³-hybridized carbons (Fsp3) is 0.480. The van der Waals surface area contributed by atoms with E-state index in [1.54, 1.807) is 12.0 Å². The van der Waals surface area contributed by atoms with Gasteiger partial charge in [-0.05, 0) is 48.9 Å². The molecule has 6 heteroatoms. The maximum absolute atomic E-state index is 13.5. The van der Waals surface area contributed by atoms with E-state index in [9.17, 15) is 4.79 Å². The number of fused-ring (bicyclic) bond motifs is 2. The van der Waals surface area contributed by atoms with Crippen LogP contribution in [-0.4, -0.2) is 32.8 Å². The van der Waals surface area contributed by atoms with E-state index in [2.05, 4.69) is 13.8 Å². The van der Waals surface area contributed by atoms with Crippen molar-refractivity contribution in [2.24, 2.45) is 5.92 Å². The molecular formula is C25H31NO5. The summed E-state index contributed by atoms with van der Waals surface area (Å²) in [7, 11) is 1.63. The zero-order valence-electron chi connectivity index (χ0n) is 18.8. The lowest BCUT2D eigenvalue weighted by atomic mass is 10.0. The van der Waals surface area contributed by atoms with Crippen molar-refractivity contribution in [3.05, 3.63) is 53.1 Å². The van der Waals surface area contributed by atoms with Gasteiger partial charge in [0, 0.05) is 5.56 Å². The minimum atomic E-state index is -1.33. The van der Waals surface area contributed by atoms with Crippen LogP contribution in [0.3, 0.4) is 0 Å². The Labute approximate surface area is 184 Å². The lowest BCUT2D eigenvalue weighted by Gasteiger charge is -2.32. The van der Waals surface area contributed by atoms with E-state index >= 15 is 0 Å². The molecule has 0 unspecified atom stereocenters. The third kappa shape index (κ3) is 4.02. The van der Waals surface area contributed by atoms with E-state index in [4.69, 9.17) is 18.9 Å². The van der Waals surface area contributed by atoms with E-state index in [1.165, 1.54) is 0 Å². The normalized spacial score (nSPS) is 17.3. The number of methoxy groups -OCH3 is 1. The van der Waals surface area contributed by atoms with Crippen LogP contribution in [0.25, 0.3) is 0 Å². The van der Waals surface area contributed by atoms with Crippen LogP contribution >= 0.6 is 0 Å². The van der Waals surface area contributed by atoms with Gasteiger partial charge in [0.05, 0.1) is 39.2 Å². The van der Waals surface area contributed by atoms with Crippen LogP contribution < -0.4 is 14.4 Å². The van der Waals surface area contributed by atoms with Crippen molar-refractivity contribution in [2.75, 3.05) is 31.8 Å². The lowest BCUT2D eigenvalue weighted by molar-refractivity contribution is -0.256. The van der Waals surface area contributed by atoms with Gasteiger partial charge in [-0.15, -0.1) is 0 Å². The molecule has 6 nitrogen and oxygen atoms in total. The summed E-state index contributed by atoms with van der Waals surface area (Å²) in [4.78, 5) is 15.3. The molecule has 0 bridgehead atoms. The predicted molar refractivity (Wildman–Crippen MR) is 119 cm³/mol. The summed E-state index contributed by atoms with van der Waals surface area (Å²) in [6.45, 7) is 8.39. The first-order valence-electron chi connectivity index (χ1n) is 11.0. The number of anilines is 1. The quantitative estimate of drug-likeness (QED) is 0.651. The molecule has 31 heavy (non-hydrogen) atoms. The van der Waals surface area contributed by atoms with E-state index in [1.807, 2.05) is 43.3 Å². The number of hydrogen-bond acceptors (Lipinski definition) is 5. The lowest BCUT2D eigenvalue weighted by Crippen LogP contribution is -2.47. The molecule has 1 amide bonds. The molecule has 0 radical (unpaired) electrons. The van der Waals surface area contributed by atoms with Crippen LogP contribution in [0, 0.1) is 12.8 Å². The highest BCUT2D eigenvalue weighted by molar-refractivity contribution is 6.06. The highest BCUT2D eigenvalue weighted by atomic mass is 16.7. The molecule has 1 spiro atoms.